The standard InChI is InChI=1S/C27H39NO2/c1-17-15-23-27(3,14-12-24(29)28(23)4)22-11-13-26(2)20(9-10-21(26)25(17)22)18-7-6-8-19(16-18)30-5/h6-8,16-17,20-23,25H,9-15H2,1-5H3/t17?,20?,21-,22+,23?,25-,26+,27+/m0/s1. The zero-order valence-corrected chi connectivity index (χ0v) is 19.5. The largest absolute Gasteiger partial charge is 0.497 e. The van der Waals surface area contributed by atoms with Crippen molar-refractivity contribution in [1.82, 2.24) is 4.90 Å². The molecule has 1 saturated heterocycles. The fourth-order valence-electron chi connectivity index (χ4n) is 8.87. The highest BCUT2D eigenvalue weighted by atomic mass is 16.5. The normalized spacial score (nSPS) is 45.5. The van der Waals surface area contributed by atoms with Crippen molar-refractivity contribution in [1.29, 1.82) is 0 Å². The fraction of sp³-hybridized carbons (Fsp3) is 0.741. The van der Waals surface area contributed by atoms with Crippen LogP contribution in [0.2, 0.25) is 0 Å². The lowest BCUT2D eigenvalue weighted by Gasteiger charge is -2.63. The van der Waals surface area contributed by atoms with E-state index >= 15 is 0 Å². The lowest BCUT2D eigenvalue weighted by molar-refractivity contribution is -0.165. The average molecular weight is 410 g/mol. The van der Waals surface area contributed by atoms with Crippen LogP contribution in [0.1, 0.15) is 77.2 Å². The molecule has 1 aliphatic heterocycles. The van der Waals surface area contributed by atoms with Crippen molar-refractivity contribution < 1.29 is 9.53 Å². The van der Waals surface area contributed by atoms with Gasteiger partial charge in [0.05, 0.1) is 7.11 Å². The summed E-state index contributed by atoms with van der Waals surface area (Å²) in [5.41, 5.74) is 2.17. The van der Waals surface area contributed by atoms with Gasteiger partial charge in [0.15, 0.2) is 0 Å². The Kier molecular flexibility index (Phi) is 4.76. The minimum atomic E-state index is 0.301. The number of methoxy groups -OCH3 is 1. The maximum atomic E-state index is 12.5. The summed E-state index contributed by atoms with van der Waals surface area (Å²) in [7, 11) is 3.84. The molecule has 1 aromatic rings. The lowest BCUT2D eigenvalue weighted by atomic mass is 9.44. The molecule has 8 atom stereocenters. The van der Waals surface area contributed by atoms with E-state index in [9.17, 15) is 4.79 Å². The molecule has 0 spiro atoms. The Morgan fingerprint density at radius 3 is 2.60 bits per heavy atom. The molecule has 3 unspecified atom stereocenters. The number of hydrogen-bond donors (Lipinski definition) is 0. The van der Waals surface area contributed by atoms with Gasteiger partial charge in [-0.3, -0.25) is 4.79 Å². The predicted molar refractivity (Wildman–Crippen MR) is 120 cm³/mol. The van der Waals surface area contributed by atoms with Gasteiger partial charge in [0.2, 0.25) is 5.91 Å². The summed E-state index contributed by atoms with van der Waals surface area (Å²) in [5, 5.41) is 0. The van der Waals surface area contributed by atoms with E-state index in [1.807, 2.05) is 0 Å². The van der Waals surface area contributed by atoms with E-state index in [4.69, 9.17) is 4.74 Å². The van der Waals surface area contributed by atoms with Gasteiger partial charge in [-0.15, -0.1) is 0 Å². The van der Waals surface area contributed by atoms with E-state index in [2.05, 4.69) is 57.0 Å². The number of benzene rings is 1. The van der Waals surface area contributed by atoms with E-state index in [1.165, 1.54) is 37.7 Å². The third-order valence-corrected chi connectivity index (χ3v) is 10.4. The molecule has 30 heavy (non-hydrogen) atoms. The number of piperidine rings is 1. The smallest absolute Gasteiger partial charge is 0.222 e. The first-order chi connectivity index (χ1) is 14.3. The van der Waals surface area contributed by atoms with Crippen LogP contribution in [0.25, 0.3) is 0 Å². The summed E-state index contributed by atoms with van der Waals surface area (Å²) in [5.74, 6) is 5.09. The second-order valence-electron chi connectivity index (χ2n) is 11.5. The van der Waals surface area contributed by atoms with Gasteiger partial charge < -0.3 is 9.64 Å². The Bertz CT molecular complexity index is 836. The van der Waals surface area contributed by atoms with Gasteiger partial charge in [0, 0.05) is 19.5 Å². The Morgan fingerprint density at radius 2 is 1.83 bits per heavy atom. The monoisotopic (exact) mass is 409 g/mol. The fourth-order valence-corrected chi connectivity index (χ4v) is 8.87. The highest BCUT2D eigenvalue weighted by molar-refractivity contribution is 5.77. The number of fused-ring (bicyclic) bond motifs is 5. The minimum absolute atomic E-state index is 0.301. The molecular formula is C27H39NO2. The third kappa shape index (κ3) is 2.72. The van der Waals surface area contributed by atoms with Crippen molar-refractivity contribution in [2.75, 3.05) is 14.2 Å². The molecule has 3 saturated carbocycles. The predicted octanol–water partition coefficient (Wildman–Crippen LogP) is 5.89. The Morgan fingerprint density at radius 1 is 1.07 bits per heavy atom. The average Bonchev–Trinajstić information content (AvgIpc) is 3.10. The minimum Gasteiger partial charge on any atom is -0.497 e. The van der Waals surface area contributed by atoms with Crippen LogP contribution >= 0.6 is 0 Å². The molecule has 0 bridgehead atoms. The van der Waals surface area contributed by atoms with Crippen molar-refractivity contribution in [3.63, 3.8) is 0 Å². The lowest BCUT2D eigenvalue weighted by Crippen LogP contribution is -2.63. The maximum absolute atomic E-state index is 12.5. The van der Waals surface area contributed by atoms with Crippen LogP contribution in [0.4, 0.5) is 0 Å². The number of amides is 1. The first kappa shape index (κ1) is 20.4. The molecule has 0 aromatic heterocycles. The van der Waals surface area contributed by atoms with Crippen LogP contribution in [0, 0.1) is 34.5 Å². The summed E-state index contributed by atoms with van der Waals surface area (Å²) in [6.07, 6.45) is 8.36. The van der Waals surface area contributed by atoms with Crippen molar-refractivity contribution in [2.24, 2.45) is 34.5 Å². The van der Waals surface area contributed by atoms with E-state index in [-0.39, 0.29) is 0 Å². The third-order valence-electron chi connectivity index (χ3n) is 10.4. The van der Waals surface area contributed by atoms with Gasteiger partial charge in [-0.25, -0.2) is 0 Å². The number of likely N-dealkylation sites (tertiary alicyclic amines) is 1. The van der Waals surface area contributed by atoms with E-state index < -0.39 is 0 Å². The van der Waals surface area contributed by atoms with Crippen molar-refractivity contribution >= 4 is 5.91 Å². The summed E-state index contributed by atoms with van der Waals surface area (Å²) in [4.78, 5) is 14.6. The van der Waals surface area contributed by atoms with Gasteiger partial charge in [-0.05, 0) is 96.6 Å². The van der Waals surface area contributed by atoms with Gasteiger partial charge in [-0.2, -0.15) is 0 Å². The van der Waals surface area contributed by atoms with Crippen LogP contribution in [0.5, 0.6) is 5.75 Å². The van der Waals surface area contributed by atoms with Gasteiger partial charge >= 0.3 is 0 Å². The summed E-state index contributed by atoms with van der Waals surface area (Å²) in [6, 6.07) is 9.29. The Balaban J connectivity index is 1.47. The van der Waals surface area contributed by atoms with Crippen LogP contribution in [-0.2, 0) is 4.79 Å². The zero-order chi connectivity index (χ0) is 21.3. The number of carbonyl (C=O) groups excluding carboxylic acids is 1. The molecule has 0 radical (unpaired) electrons. The Hall–Kier alpha value is -1.51. The summed E-state index contributed by atoms with van der Waals surface area (Å²) >= 11 is 0. The topological polar surface area (TPSA) is 29.5 Å². The summed E-state index contributed by atoms with van der Waals surface area (Å²) < 4.78 is 5.55. The summed E-state index contributed by atoms with van der Waals surface area (Å²) in [6.45, 7) is 7.62. The van der Waals surface area contributed by atoms with Crippen molar-refractivity contribution in [3.05, 3.63) is 29.8 Å². The molecule has 0 N–H and O–H groups in total. The van der Waals surface area contributed by atoms with Crippen LogP contribution in [-0.4, -0.2) is 31.0 Å². The molecule has 4 fully saturated rings. The number of rotatable bonds is 2. The molecule has 3 nitrogen and oxygen atoms in total. The zero-order valence-electron chi connectivity index (χ0n) is 19.5. The highest BCUT2D eigenvalue weighted by Crippen LogP contribution is 2.69. The van der Waals surface area contributed by atoms with Crippen LogP contribution in [0.15, 0.2) is 24.3 Å². The molecule has 1 aromatic carbocycles. The SMILES string of the molecule is COc1cccc(C2CC[C@H]3[C@@H]4C(C)CC5N(C)C(=O)CC[C@]5(C)[C@@H]4CC[C@]23C)c1. The highest BCUT2D eigenvalue weighted by Gasteiger charge is 2.62. The Labute approximate surface area is 182 Å². The molecule has 4 aliphatic rings. The molecule has 1 amide bonds. The maximum Gasteiger partial charge on any atom is 0.222 e. The molecule has 164 valence electrons. The van der Waals surface area contributed by atoms with Crippen molar-refractivity contribution in [3.8, 4) is 5.75 Å². The molecule has 3 heteroatoms. The molecular weight excluding hydrogens is 370 g/mol. The van der Waals surface area contributed by atoms with E-state index in [0.29, 0.717) is 34.6 Å². The van der Waals surface area contributed by atoms with Gasteiger partial charge in [-0.1, -0.05) is 32.9 Å². The van der Waals surface area contributed by atoms with Crippen LogP contribution in [0.3, 0.4) is 0 Å². The van der Waals surface area contributed by atoms with Gasteiger partial charge in [0.25, 0.3) is 0 Å². The first-order valence-electron chi connectivity index (χ1n) is 12.2. The van der Waals surface area contributed by atoms with Crippen LogP contribution < -0.4 is 4.74 Å². The number of nitrogens with zero attached hydrogens (tertiary/aromatic N) is 1. The van der Waals surface area contributed by atoms with Gasteiger partial charge in [0.1, 0.15) is 5.75 Å². The van der Waals surface area contributed by atoms with Crippen molar-refractivity contribution in [2.45, 2.75) is 77.7 Å². The molecule has 5 rings (SSSR count). The number of ether oxygens (including phenoxy) is 1. The molecule has 3 aliphatic carbocycles. The first-order valence-corrected chi connectivity index (χ1v) is 12.2. The second kappa shape index (κ2) is 7.00. The quantitative estimate of drug-likeness (QED) is 0.610. The second-order valence-corrected chi connectivity index (χ2v) is 11.5. The number of carbonyl (C=O) groups is 1. The van der Waals surface area contributed by atoms with E-state index in [1.54, 1.807) is 7.11 Å². The van der Waals surface area contributed by atoms with E-state index in [0.717, 1.165) is 36.3 Å². The molecule has 1 heterocycles. The number of hydrogen-bond acceptors (Lipinski definition) is 2.